The number of carbonyl (C=O) groups excluding carboxylic acids is 1. The molecule has 0 aromatic heterocycles. The number of likely N-dealkylation sites (tertiary alicyclic amines) is 1. The van der Waals surface area contributed by atoms with Crippen LogP contribution in [0.25, 0.3) is 0 Å². The highest BCUT2D eigenvalue weighted by Crippen LogP contribution is 2.43. The molecule has 0 aromatic carbocycles. The molecule has 3 nitrogen and oxygen atoms in total. The van der Waals surface area contributed by atoms with Gasteiger partial charge < -0.3 is 9.64 Å². The minimum Gasteiger partial charge on any atom is -0.371 e. The number of ether oxygens (including phenoxy) is 1. The largest absolute Gasteiger partial charge is 0.371 e. The molecular formula is C13H23NO2. The Morgan fingerprint density at radius 3 is 2.50 bits per heavy atom. The molecule has 1 atom stereocenters. The van der Waals surface area contributed by atoms with Crippen molar-refractivity contribution in [1.29, 1.82) is 0 Å². The van der Waals surface area contributed by atoms with Gasteiger partial charge in [-0.2, -0.15) is 0 Å². The maximum absolute atomic E-state index is 11.2. The van der Waals surface area contributed by atoms with Gasteiger partial charge in [-0.05, 0) is 24.2 Å². The lowest BCUT2D eigenvalue weighted by Gasteiger charge is -2.54. The van der Waals surface area contributed by atoms with Crippen LogP contribution in [-0.4, -0.2) is 36.1 Å². The van der Waals surface area contributed by atoms with Gasteiger partial charge in [-0.1, -0.05) is 20.8 Å². The van der Waals surface area contributed by atoms with Crippen LogP contribution in [0, 0.1) is 11.3 Å². The van der Waals surface area contributed by atoms with Crippen molar-refractivity contribution in [2.75, 3.05) is 19.7 Å². The summed E-state index contributed by atoms with van der Waals surface area (Å²) < 4.78 is 5.91. The molecule has 2 heterocycles. The van der Waals surface area contributed by atoms with Crippen LogP contribution < -0.4 is 0 Å². The van der Waals surface area contributed by atoms with Gasteiger partial charge >= 0.3 is 0 Å². The zero-order valence-electron chi connectivity index (χ0n) is 10.9. The number of rotatable bonds is 0. The number of carbonyl (C=O) groups is 1. The third-order valence-corrected chi connectivity index (χ3v) is 4.12. The van der Waals surface area contributed by atoms with Gasteiger partial charge in [-0.25, -0.2) is 0 Å². The van der Waals surface area contributed by atoms with E-state index in [0.29, 0.717) is 5.41 Å². The van der Waals surface area contributed by atoms with Crippen molar-refractivity contribution in [3.05, 3.63) is 0 Å². The summed E-state index contributed by atoms with van der Waals surface area (Å²) in [4.78, 5) is 13.1. The van der Waals surface area contributed by atoms with Crippen LogP contribution in [0.4, 0.5) is 0 Å². The van der Waals surface area contributed by atoms with E-state index in [2.05, 4.69) is 20.8 Å². The highest BCUT2D eigenvalue weighted by molar-refractivity contribution is 5.74. The van der Waals surface area contributed by atoms with Crippen LogP contribution >= 0.6 is 0 Å². The van der Waals surface area contributed by atoms with E-state index in [1.165, 1.54) is 0 Å². The molecule has 16 heavy (non-hydrogen) atoms. The summed E-state index contributed by atoms with van der Waals surface area (Å²) in [6.45, 7) is 11.0. The molecular weight excluding hydrogens is 202 g/mol. The Kier molecular flexibility index (Phi) is 2.77. The normalized spacial score (nSPS) is 29.0. The van der Waals surface area contributed by atoms with Crippen LogP contribution in [0.5, 0.6) is 0 Å². The second-order valence-corrected chi connectivity index (χ2v) is 6.46. The summed E-state index contributed by atoms with van der Waals surface area (Å²) in [5, 5.41) is 0. The molecule has 0 aliphatic carbocycles. The number of amides is 1. The Balaban J connectivity index is 1.96. The predicted octanol–water partition coefficient (Wildman–Crippen LogP) is 2.06. The third kappa shape index (κ3) is 2.10. The molecule has 3 heteroatoms. The number of hydrogen-bond donors (Lipinski definition) is 0. The minimum absolute atomic E-state index is 0.0120. The van der Waals surface area contributed by atoms with Gasteiger partial charge in [0.1, 0.15) is 5.60 Å². The van der Waals surface area contributed by atoms with E-state index in [1.807, 2.05) is 4.90 Å². The molecule has 2 saturated heterocycles. The van der Waals surface area contributed by atoms with Gasteiger partial charge in [0.05, 0.1) is 13.1 Å². The summed E-state index contributed by atoms with van der Waals surface area (Å²) in [6, 6.07) is 0. The summed E-state index contributed by atoms with van der Waals surface area (Å²) in [6.07, 6.45) is 2.27. The Labute approximate surface area is 98.1 Å². The summed E-state index contributed by atoms with van der Waals surface area (Å²) in [5.41, 5.74) is 0.343. The third-order valence-electron chi connectivity index (χ3n) is 4.12. The van der Waals surface area contributed by atoms with Gasteiger partial charge in [-0.15, -0.1) is 0 Å². The van der Waals surface area contributed by atoms with Crippen molar-refractivity contribution in [2.45, 2.75) is 46.1 Å². The van der Waals surface area contributed by atoms with Gasteiger partial charge in [0.25, 0.3) is 0 Å². The van der Waals surface area contributed by atoms with Crippen molar-refractivity contribution in [3.8, 4) is 0 Å². The topological polar surface area (TPSA) is 29.5 Å². The molecule has 1 spiro atoms. The van der Waals surface area contributed by atoms with Gasteiger partial charge in [0, 0.05) is 13.5 Å². The van der Waals surface area contributed by atoms with E-state index in [-0.39, 0.29) is 11.5 Å². The van der Waals surface area contributed by atoms with Gasteiger partial charge in [0.15, 0.2) is 0 Å². The maximum atomic E-state index is 11.2. The monoisotopic (exact) mass is 225 g/mol. The first-order valence-corrected chi connectivity index (χ1v) is 6.22. The molecule has 0 radical (unpaired) electrons. The van der Waals surface area contributed by atoms with Crippen LogP contribution in [0.3, 0.4) is 0 Å². The van der Waals surface area contributed by atoms with Crippen LogP contribution in [-0.2, 0) is 9.53 Å². The molecule has 0 aromatic rings. The van der Waals surface area contributed by atoms with Crippen molar-refractivity contribution >= 4 is 5.91 Å². The molecule has 2 fully saturated rings. The Morgan fingerprint density at radius 2 is 2.00 bits per heavy atom. The van der Waals surface area contributed by atoms with Crippen molar-refractivity contribution in [3.63, 3.8) is 0 Å². The minimum atomic E-state index is -0.0120. The summed E-state index contributed by atoms with van der Waals surface area (Å²) >= 11 is 0. The molecule has 2 aliphatic heterocycles. The quantitative estimate of drug-likeness (QED) is 0.631. The van der Waals surface area contributed by atoms with Crippen molar-refractivity contribution in [2.24, 2.45) is 11.3 Å². The van der Waals surface area contributed by atoms with E-state index in [9.17, 15) is 4.79 Å². The van der Waals surface area contributed by atoms with Crippen LogP contribution in [0.15, 0.2) is 0 Å². The average molecular weight is 225 g/mol. The van der Waals surface area contributed by atoms with E-state index >= 15 is 0 Å². The lowest BCUT2D eigenvalue weighted by atomic mass is 9.69. The van der Waals surface area contributed by atoms with Crippen LogP contribution in [0.2, 0.25) is 0 Å². The first kappa shape index (κ1) is 11.9. The molecule has 1 amide bonds. The first-order valence-electron chi connectivity index (χ1n) is 6.22. The number of hydrogen-bond acceptors (Lipinski definition) is 2. The second-order valence-electron chi connectivity index (χ2n) is 6.46. The van der Waals surface area contributed by atoms with Gasteiger partial charge in [0.2, 0.25) is 5.91 Å². The molecule has 2 aliphatic rings. The second kappa shape index (κ2) is 3.73. The molecule has 92 valence electrons. The average Bonchev–Trinajstić information content (AvgIpc) is 2.12. The molecule has 0 N–H and O–H groups in total. The van der Waals surface area contributed by atoms with Crippen LogP contribution in [0.1, 0.15) is 40.5 Å². The smallest absolute Gasteiger partial charge is 0.219 e. The summed E-state index contributed by atoms with van der Waals surface area (Å²) in [5.74, 6) is 0.891. The fourth-order valence-electron chi connectivity index (χ4n) is 2.86. The Bertz CT molecular complexity index is 287. The van der Waals surface area contributed by atoms with E-state index in [0.717, 1.165) is 38.5 Å². The highest BCUT2D eigenvalue weighted by atomic mass is 16.5. The van der Waals surface area contributed by atoms with Crippen molar-refractivity contribution in [1.82, 2.24) is 4.90 Å². The SMILES string of the molecule is CC(=O)N1CC2(C[C@@H](C(C)(C)C)CCO2)C1. The lowest BCUT2D eigenvalue weighted by Crippen LogP contribution is -2.66. The maximum Gasteiger partial charge on any atom is 0.219 e. The Hall–Kier alpha value is -0.570. The van der Waals surface area contributed by atoms with E-state index in [1.54, 1.807) is 6.92 Å². The lowest BCUT2D eigenvalue weighted by molar-refractivity contribution is -0.193. The fraction of sp³-hybridized carbons (Fsp3) is 0.923. The van der Waals surface area contributed by atoms with Gasteiger partial charge in [-0.3, -0.25) is 4.79 Å². The highest BCUT2D eigenvalue weighted by Gasteiger charge is 2.50. The zero-order chi connectivity index (χ0) is 12.0. The van der Waals surface area contributed by atoms with E-state index < -0.39 is 0 Å². The molecule has 2 rings (SSSR count). The van der Waals surface area contributed by atoms with Crippen molar-refractivity contribution < 1.29 is 9.53 Å². The fourth-order valence-corrected chi connectivity index (χ4v) is 2.86. The molecule has 0 unspecified atom stereocenters. The Morgan fingerprint density at radius 1 is 1.38 bits per heavy atom. The predicted molar refractivity (Wildman–Crippen MR) is 63.1 cm³/mol. The first-order chi connectivity index (χ1) is 7.32. The molecule has 0 saturated carbocycles. The van der Waals surface area contributed by atoms with E-state index in [4.69, 9.17) is 4.74 Å². The summed E-state index contributed by atoms with van der Waals surface area (Å²) in [7, 11) is 0. The molecule has 0 bridgehead atoms. The zero-order valence-corrected chi connectivity index (χ0v) is 10.9. The standard InChI is InChI=1S/C13H23NO2/c1-10(15)14-8-13(9-14)7-11(5-6-16-13)12(2,3)4/h11H,5-9H2,1-4H3/t11-/m0/s1. The number of nitrogens with zero attached hydrogens (tertiary/aromatic N) is 1.